The van der Waals surface area contributed by atoms with Crippen LogP contribution in [-0.2, 0) is 14.5 Å². The van der Waals surface area contributed by atoms with Crippen molar-refractivity contribution in [2.75, 3.05) is 0 Å². The standard InChI is InChI=1S/C10H11NO3S/c1-2-9-10(14-15(12,13)11-9)8-6-4-3-5-7-8/h3-7,10H,2H2,1H3. The van der Waals surface area contributed by atoms with Crippen LogP contribution in [0.1, 0.15) is 25.0 Å². The van der Waals surface area contributed by atoms with Crippen molar-refractivity contribution in [3.63, 3.8) is 0 Å². The average Bonchev–Trinajstić information content (AvgIpc) is 2.55. The Labute approximate surface area is 88.9 Å². The third-order valence-electron chi connectivity index (χ3n) is 2.21. The number of nitrogens with zero attached hydrogens (tertiary/aromatic N) is 1. The summed E-state index contributed by atoms with van der Waals surface area (Å²) in [5.41, 5.74) is 1.38. The largest absolute Gasteiger partial charge is 0.381 e. The number of hydrogen-bond donors (Lipinski definition) is 0. The van der Waals surface area contributed by atoms with E-state index >= 15 is 0 Å². The van der Waals surface area contributed by atoms with Gasteiger partial charge in [-0.1, -0.05) is 37.3 Å². The first kappa shape index (κ1) is 10.3. The summed E-state index contributed by atoms with van der Waals surface area (Å²) < 4.78 is 30.8. The van der Waals surface area contributed by atoms with Gasteiger partial charge < -0.3 is 0 Å². The maximum Gasteiger partial charge on any atom is 0.381 e. The van der Waals surface area contributed by atoms with Gasteiger partial charge in [-0.2, -0.15) is 8.42 Å². The van der Waals surface area contributed by atoms with Crippen LogP contribution in [0.25, 0.3) is 0 Å². The number of hydrogen-bond acceptors (Lipinski definition) is 3. The number of benzene rings is 1. The highest BCUT2D eigenvalue weighted by Gasteiger charge is 2.32. The van der Waals surface area contributed by atoms with E-state index in [-0.39, 0.29) is 0 Å². The van der Waals surface area contributed by atoms with Crippen molar-refractivity contribution in [3.05, 3.63) is 35.9 Å². The van der Waals surface area contributed by atoms with E-state index in [0.29, 0.717) is 12.1 Å². The van der Waals surface area contributed by atoms with Crippen molar-refractivity contribution in [2.24, 2.45) is 4.40 Å². The van der Waals surface area contributed by atoms with E-state index in [0.717, 1.165) is 5.56 Å². The van der Waals surface area contributed by atoms with E-state index in [9.17, 15) is 8.42 Å². The Morgan fingerprint density at radius 1 is 1.33 bits per heavy atom. The highest BCUT2D eigenvalue weighted by molar-refractivity contribution is 7.85. The Morgan fingerprint density at radius 3 is 2.60 bits per heavy atom. The molecule has 0 aromatic heterocycles. The quantitative estimate of drug-likeness (QED) is 0.771. The van der Waals surface area contributed by atoms with Gasteiger partial charge in [0.1, 0.15) is 6.10 Å². The van der Waals surface area contributed by atoms with E-state index in [1.54, 1.807) is 0 Å². The monoisotopic (exact) mass is 225 g/mol. The van der Waals surface area contributed by atoms with E-state index < -0.39 is 16.4 Å². The summed E-state index contributed by atoms with van der Waals surface area (Å²) in [7, 11) is -3.72. The van der Waals surface area contributed by atoms with Crippen molar-refractivity contribution in [1.82, 2.24) is 0 Å². The molecule has 0 spiro atoms. The van der Waals surface area contributed by atoms with Gasteiger partial charge in [0.2, 0.25) is 0 Å². The zero-order valence-corrected chi connectivity index (χ0v) is 9.07. The smallest absolute Gasteiger partial charge is 0.238 e. The summed E-state index contributed by atoms with van der Waals surface area (Å²) in [6, 6.07) is 9.22. The minimum Gasteiger partial charge on any atom is -0.238 e. The van der Waals surface area contributed by atoms with Crippen LogP contribution in [0.5, 0.6) is 0 Å². The fourth-order valence-corrected chi connectivity index (χ4v) is 2.54. The minimum atomic E-state index is -3.72. The molecule has 1 aromatic rings. The molecule has 2 rings (SSSR count). The molecular formula is C10H11NO3S. The molecule has 5 heteroatoms. The first-order chi connectivity index (χ1) is 7.12. The van der Waals surface area contributed by atoms with Gasteiger partial charge in [0.05, 0.1) is 5.71 Å². The molecule has 0 bridgehead atoms. The lowest BCUT2D eigenvalue weighted by atomic mass is 10.0. The fraction of sp³-hybridized carbons (Fsp3) is 0.300. The second-order valence-corrected chi connectivity index (χ2v) is 4.48. The predicted octanol–water partition coefficient (Wildman–Crippen LogP) is 1.85. The molecule has 0 N–H and O–H groups in total. The molecule has 1 aliphatic heterocycles. The summed E-state index contributed by atoms with van der Waals surface area (Å²) >= 11 is 0. The molecule has 1 unspecified atom stereocenters. The van der Waals surface area contributed by atoms with Crippen LogP contribution < -0.4 is 0 Å². The van der Waals surface area contributed by atoms with Crippen molar-refractivity contribution < 1.29 is 12.6 Å². The fourth-order valence-electron chi connectivity index (χ4n) is 1.52. The summed E-state index contributed by atoms with van der Waals surface area (Å²) in [6.45, 7) is 1.86. The molecule has 0 fully saturated rings. The Morgan fingerprint density at radius 2 is 2.00 bits per heavy atom. The third kappa shape index (κ3) is 2.08. The topological polar surface area (TPSA) is 55.7 Å². The zero-order valence-electron chi connectivity index (χ0n) is 8.25. The molecule has 80 valence electrons. The molecule has 0 radical (unpaired) electrons. The van der Waals surface area contributed by atoms with E-state index in [1.165, 1.54) is 0 Å². The molecule has 0 aliphatic carbocycles. The minimum absolute atomic E-state index is 0.541. The second-order valence-electron chi connectivity index (χ2n) is 3.25. The number of rotatable bonds is 2. The van der Waals surface area contributed by atoms with E-state index in [4.69, 9.17) is 4.18 Å². The van der Waals surface area contributed by atoms with Gasteiger partial charge >= 0.3 is 10.3 Å². The van der Waals surface area contributed by atoms with Crippen LogP contribution in [-0.4, -0.2) is 14.1 Å². The Balaban J connectivity index is 2.38. The van der Waals surface area contributed by atoms with Gasteiger partial charge in [-0.15, -0.1) is 4.40 Å². The van der Waals surface area contributed by atoms with Crippen molar-refractivity contribution in [1.29, 1.82) is 0 Å². The van der Waals surface area contributed by atoms with Gasteiger partial charge in [0, 0.05) is 0 Å². The maximum absolute atomic E-state index is 11.2. The molecule has 4 nitrogen and oxygen atoms in total. The molecule has 1 aromatic carbocycles. The average molecular weight is 225 g/mol. The summed E-state index contributed by atoms with van der Waals surface area (Å²) in [5, 5.41) is 0. The lowest BCUT2D eigenvalue weighted by Gasteiger charge is -2.09. The van der Waals surface area contributed by atoms with Crippen molar-refractivity contribution in [3.8, 4) is 0 Å². The van der Waals surface area contributed by atoms with Crippen LogP contribution >= 0.6 is 0 Å². The Kier molecular flexibility index (Phi) is 2.58. The van der Waals surface area contributed by atoms with Crippen LogP contribution in [0.4, 0.5) is 0 Å². The normalized spacial score (nSPS) is 23.8. The zero-order chi connectivity index (χ0) is 10.9. The van der Waals surface area contributed by atoms with Gasteiger partial charge in [-0.3, -0.25) is 0 Å². The van der Waals surface area contributed by atoms with Gasteiger partial charge in [-0.05, 0) is 12.0 Å². The maximum atomic E-state index is 11.2. The SMILES string of the molecule is CCC1=NS(=O)(=O)OC1c1ccccc1. The summed E-state index contributed by atoms with van der Waals surface area (Å²) in [5.74, 6) is 0. The van der Waals surface area contributed by atoms with Gasteiger partial charge in [0.25, 0.3) is 0 Å². The Bertz CT molecular complexity index is 479. The predicted molar refractivity (Wildman–Crippen MR) is 56.9 cm³/mol. The molecule has 1 aliphatic rings. The summed E-state index contributed by atoms with van der Waals surface area (Å²) in [6.07, 6.45) is 0.0277. The molecule has 15 heavy (non-hydrogen) atoms. The van der Waals surface area contributed by atoms with Crippen molar-refractivity contribution in [2.45, 2.75) is 19.4 Å². The summed E-state index contributed by atoms with van der Waals surface area (Å²) in [4.78, 5) is 0. The third-order valence-corrected chi connectivity index (χ3v) is 3.11. The van der Waals surface area contributed by atoms with Crippen LogP contribution in [0.15, 0.2) is 34.7 Å². The lowest BCUT2D eigenvalue weighted by Crippen LogP contribution is -2.09. The Hall–Kier alpha value is -1.20. The molecule has 0 amide bonds. The first-order valence-electron chi connectivity index (χ1n) is 4.69. The first-order valence-corrected chi connectivity index (χ1v) is 6.06. The van der Waals surface area contributed by atoms with Crippen LogP contribution in [0.2, 0.25) is 0 Å². The molecular weight excluding hydrogens is 214 g/mol. The molecule has 1 atom stereocenters. The molecule has 0 saturated heterocycles. The highest BCUT2D eigenvalue weighted by Crippen LogP contribution is 2.29. The van der Waals surface area contributed by atoms with Crippen molar-refractivity contribution >= 4 is 16.0 Å². The van der Waals surface area contributed by atoms with Gasteiger partial charge in [0.15, 0.2) is 0 Å². The molecule has 0 saturated carbocycles. The van der Waals surface area contributed by atoms with Gasteiger partial charge in [-0.25, -0.2) is 4.18 Å². The van der Waals surface area contributed by atoms with Crippen LogP contribution in [0.3, 0.4) is 0 Å². The second kappa shape index (κ2) is 3.75. The van der Waals surface area contributed by atoms with E-state index in [2.05, 4.69) is 4.40 Å². The molecule has 1 heterocycles. The van der Waals surface area contributed by atoms with E-state index in [1.807, 2.05) is 37.3 Å². The van der Waals surface area contributed by atoms with Crippen LogP contribution in [0, 0.1) is 0 Å². The lowest BCUT2D eigenvalue weighted by molar-refractivity contribution is 0.290. The highest BCUT2D eigenvalue weighted by atomic mass is 32.2.